The van der Waals surface area contributed by atoms with Crippen LogP contribution in [0.4, 0.5) is 0 Å². The van der Waals surface area contributed by atoms with E-state index in [1.54, 1.807) is 48.5 Å². The van der Waals surface area contributed by atoms with Gasteiger partial charge in [-0.3, -0.25) is 9.12 Å². The van der Waals surface area contributed by atoms with Crippen LogP contribution >= 0.6 is 19.2 Å². The Balaban J connectivity index is -0.000000405. The zero-order valence-corrected chi connectivity index (χ0v) is 28.4. The van der Waals surface area contributed by atoms with Gasteiger partial charge in [0.2, 0.25) is 0 Å². The molecule has 29 heavy (non-hydrogen) atoms. The van der Waals surface area contributed by atoms with Crippen molar-refractivity contribution in [3.63, 3.8) is 0 Å². The van der Waals surface area contributed by atoms with Gasteiger partial charge in [0.25, 0.3) is 10.1 Å². The van der Waals surface area contributed by atoms with Crippen molar-refractivity contribution in [2.45, 2.75) is 24.3 Å². The van der Waals surface area contributed by atoms with E-state index in [1.807, 2.05) is 0 Å². The first-order valence-corrected chi connectivity index (χ1v) is 11.2. The first-order chi connectivity index (χ1) is 12.1. The maximum atomic E-state index is 11.2. The molecule has 0 saturated carbocycles. The van der Waals surface area contributed by atoms with Crippen LogP contribution in [-0.2, 0) is 21.1 Å². The van der Waals surface area contributed by atoms with Crippen molar-refractivity contribution >= 4 is 29.3 Å². The van der Waals surface area contributed by atoms with Crippen molar-refractivity contribution in [2.75, 3.05) is 0 Å². The molecule has 0 aromatic heterocycles. The third-order valence-electron chi connectivity index (χ3n) is 3.58. The summed E-state index contributed by atoms with van der Waals surface area (Å²) >= 11 is 5.81. The molecule has 0 aliphatic heterocycles. The molecule has 2 aromatic carbocycles. The van der Waals surface area contributed by atoms with Crippen LogP contribution in [0.3, 0.4) is 0 Å². The molecule has 1 unspecified atom stereocenters. The third-order valence-corrected chi connectivity index (χ3v) is 7.39. The molecule has 1 atom stereocenters. The van der Waals surface area contributed by atoms with Crippen LogP contribution in [0, 0.1) is 0 Å². The minimum Gasteiger partial charge on any atom is -1.00 e. The summed E-state index contributed by atoms with van der Waals surface area (Å²) in [6, 6.07) is 13.8. The number of hydrogen-bond acceptors (Lipinski definition) is 4. The van der Waals surface area contributed by atoms with Gasteiger partial charge in [0, 0.05) is 5.02 Å². The van der Waals surface area contributed by atoms with Crippen LogP contribution in [0.25, 0.3) is 0 Å². The summed E-state index contributed by atoms with van der Waals surface area (Å²) < 4.78 is 48.2. The third kappa shape index (κ3) is 13.2. The number of halogens is 1. The first kappa shape index (κ1) is 34.7. The summed E-state index contributed by atoms with van der Waals surface area (Å²) in [5, 5.41) is 0.588. The Kier molecular flexibility index (Phi) is 19.4. The molecule has 148 valence electrons. The molecule has 0 fully saturated rings. The van der Waals surface area contributed by atoms with Gasteiger partial charge in [-0.15, -0.1) is 0 Å². The van der Waals surface area contributed by atoms with Gasteiger partial charge >= 0.3 is 162 Å². The summed E-state index contributed by atoms with van der Waals surface area (Å²) in [7, 11) is -9.78. The number of ether oxygens (including phenoxy) is 1. The number of benzene rings is 2. The minimum absolute atomic E-state index is 0. The van der Waals surface area contributed by atoms with Crippen molar-refractivity contribution < 1.29 is 190 Å². The molecule has 2 rings (SSSR count). The minimum atomic E-state index is -4.95. The standard InChI is InChI=1S/C16H18ClO7PS.3K.3H/c17-13-7-9-14(10-8-13)24-15-5-1-3-12(11-15)4-2-6-16(25(18,19)20)26(21,22)23;;;;;;/h1,3,5,7-11,16H,2,4,6H2,(H2,18,19,20)(H,21,22,23);;;;;;/q;3*+1;3*-1. The predicted molar refractivity (Wildman–Crippen MR) is 102 cm³/mol. The van der Waals surface area contributed by atoms with Crippen LogP contribution in [0.1, 0.15) is 22.7 Å². The Hall–Kier alpha value is 3.50. The Bertz CT molecular complexity index is 921. The van der Waals surface area contributed by atoms with Gasteiger partial charge in [-0.05, 0) is 61.2 Å². The zero-order chi connectivity index (χ0) is 19.4. The van der Waals surface area contributed by atoms with E-state index >= 15 is 0 Å². The van der Waals surface area contributed by atoms with Crippen molar-refractivity contribution in [1.82, 2.24) is 0 Å². The van der Waals surface area contributed by atoms with Gasteiger partial charge in [0.1, 0.15) is 11.5 Å². The summed E-state index contributed by atoms with van der Waals surface area (Å²) in [6.45, 7) is 0. The molecule has 0 amide bonds. The zero-order valence-electron chi connectivity index (χ0n) is 19.5. The average molecular weight is 541 g/mol. The normalized spacial score (nSPS) is 12.0. The van der Waals surface area contributed by atoms with Crippen LogP contribution < -0.4 is 159 Å². The van der Waals surface area contributed by atoms with Gasteiger partial charge in [-0.1, -0.05) is 23.7 Å². The molecule has 0 aliphatic carbocycles. The van der Waals surface area contributed by atoms with Crippen molar-refractivity contribution in [3.8, 4) is 11.5 Å². The van der Waals surface area contributed by atoms with E-state index in [0.29, 0.717) is 22.9 Å². The van der Waals surface area contributed by atoms with E-state index in [9.17, 15) is 13.0 Å². The van der Waals surface area contributed by atoms with E-state index in [4.69, 9.17) is 30.7 Å². The van der Waals surface area contributed by atoms with Crippen LogP contribution in [0.2, 0.25) is 5.02 Å². The fraction of sp³-hybridized carbons (Fsp3) is 0.250. The Morgan fingerprint density at radius 3 is 2.14 bits per heavy atom. The average Bonchev–Trinajstić information content (AvgIpc) is 2.52. The van der Waals surface area contributed by atoms with Crippen LogP contribution in [-0.4, -0.2) is 27.7 Å². The molecule has 2 aromatic rings. The Morgan fingerprint density at radius 1 is 1.03 bits per heavy atom. The number of aryl methyl sites for hydroxylation is 1. The Labute approximate surface area is 307 Å². The van der Waals surface area contributed by atoms with Crippen molar-refractivity contribution in [1.29, 1.82) is 0 Å². The molecule has 0 spiro atoms. The van der Waals surface area contributed by atoms with E-state index in [-0.39, 0.29) is 171 Å². The quantitative estimate of drug-likeness (QED) is 0.174. The second kappa shape index (κ2) is 16.2. The predicted octanol–water partition coefficient (Wildman–Crippen LogP) is -4.80. The fourth-order valence-electron chi connectivity index (χ4n) is 2.37. The van der Waals surface area contributed by atoms with Gasteiger partial charge in [-0.2, -0.15) is 8.42 Å². The summed E-state index contributed by atoms with van der Waals surface area (Å²) in [6.07, 6.45) is 0.176. The summed E-state index contributed by atoms with van der Waals surface area (Å²) in [4.78, 5) is 16.1. The fourth-order valence-corrected chi connectivity index (χ4v) is 4.87. The smallest absolute Gasteiger partial charge is 1.00 e. The molecule has 0 radical (unpaired) electrons. The molecule has 3 N–H and O–H groups in total. The maximum absolute atomic E-state index is 11.2. The molecule has 0 heterocycles. The van der Waals surface area contributed by atoms with E-state index < -0.39 is 22.7 Å². The van der Waals surface area contributed by atoms with Crippen LogP contribution in [0.5, 0.6) is 11.5 Å². The second-order valence-corrected chi connectivity index (χ2v) is 9.84. The van der Waals surface area contributed by atoms with Gasteiger partial charge < -0.3 is 18.8 Å². The molecular weight excluding hydrogens is 520 g/mol. The molecule has 0 aliphatic rings. The van der Waals surface area contributed by atoms with Gasteiger partial charge in [0.05, 0.1) is 0 Å². The van der Waals surface area contributed by atoms with Crippen LogP contribution in [0.15, 0.2) is 48.5 Å². The summed E-state index contributed by atoms with van der Waals surface area (Å²) in [5.74, 6) is 1.16. The van der Waals surface area contributed by atoms with Crippen molar-refractivity contribution in [3.05, 3.63) is 59.1 Å². The second-order valence-electron chi connectivity index (χ2n) is 5.65. The van der Waals surface area contributed by atoms with E-state index in [2.05, 4.69) is 0 Å². The number of hydrogen-bond donors (Lipinski definition) is 3. The summed E-state index contributed by atoms with van der Waals surface area (Å²) in [5.41, 5.74) is 0.802. The van der Waals surface area contributed by atoms with Crippen molar-refractivity contribution in [2.24, 2.45) is 0 Å². The number of rotatable bonds is 8. The molecular formula is C16H21ClK3O7PS. The Morgan fingerprint density at radius 2 is 1.62 bits per heavy atom. The van der Waals surface area contributed by atoms with Gasteiger partial charge in [-0.25, -0.2) is 0 Å². The molecule has 13 heteroatoms. The first-order valence-electron chi connectivity index (χ1n) is 7.59. The monoisotopic (exact) mass is 540 g/mol. The largest absolute Gasteiger partial charge is 1.00 e. The molecule has 0 bridgehead atoms. The van der Waals surface area contributed by atoms with Gasteiger partial charge in [0.15, 0.2) is 4.99 Å². The topological polar surface area (TPSA) is 121 Å². The van der Waals surface area contributed by atoms with E-state index in [0.717, 1.165) is 5.56 Å². The maximum Gasteiger partial charge on any atom is 1.00 e. The SMILES string of the molecule is O=P(O)(O)C(CCCc1cccc(Oc2ccc(Cl)cc2)c1)S(=O)(=O)O.[H-].[H-].[H-].[K+].[K+].[K+]. The molecule has 7 nitrogen and oxygen atoms in total. The molecule has 0 saturated heterocycles. The van der Waals surface area contributed by atoms with E-state index in [1.165, 1.54) is 0 Å².